The lowest BCUT2D eigenvalue weighted by Crippen LogP contribution is -2.23. The molecule has 11 heteroatoms. The van der Waals surface area contributed by atoms with Crippen molar-refractivity contribution in [3.05, 3.63) is 65.0 Å². The van der Waals surface area contributed by atoms with Gasteiger partial charge in [0.05, 0.1) is 0 Å². The Morgan fingerprint density at radius 2 is 1.61 bits per heavy atom. The molecule has 2 aromatic carbocycles. The van der Waals surface area contributed by atoms with Crippen LogP contribution in [0.4, 0.5) is 18.9 Å². The number of carbonyl (C=O) groups excluding carboxylic acids is 2. The summed E-state index contributed by atoms with van der Waals surface area (Å²) < 4.78 is 55.1. The molecule has 1 N–H and O–H groups in total. The molecule has 0 unspecified atom stereocenters. The molecule has 1 aromatic heterocycles. The van der Waals surface area contributed by atoms with Gasteiger partial charge in [0.2, 0.25) is 0 Å². The van der Waals surface area contributed by atoms with Crippen LogP contribution in [0.1, 0.15) is 0 Å². The Labute approximate surface area is 172 Å². The van der Waals surface area contributed by atoms with Gasteiger partial charge in [-0.05, 0) is 42.5 Å². The SMILES string of the molecule is O=C(COC(=O)COc1ccc2ccc(=O)oc2c1)Nc1ccc(OC(F)(F)F)cc1. The zero-order chi connectivity index (χ0) is 22.4. The summed E-state index contributed by atoms with van der Waals surface area (Å²) in [6.45, 7) is -1.13. The molecule has 0 aliphatic carbocycles. The maximum absolute atomic E-state index is 12.1. The number of hydrogen-bond donors (Lipinski definition) is 1. The van der Waals surface area contributed by atoms with Crippen molar-refractivity contribution < 1.29 is 41.4 Å². The summed E-state index contributed by atoms with van der Waals surface area (Å²) in [6, 6.07) is 11.9. The number of fused-ring (bicyclic) bond motifs is 1. The fourth-order valence-electron chi connectivity index (χ4n) is 2.40. The van der Waals surface area contributed by atoms with Crippen molar-refractivity contribution in [2.24, 2.45) is 0 Å². The molecule has 0 saturated carbocycles. The summed E-state index contributed by atoms with van der Waals surface area (Å²) >= 11 is 0. The number of benzene rings is 2. The van der Waals surface area contributed by atoms with E-state index in [0.29, 0.717) is 5.39 Å². The van der Waals surface area contributed by atoms with Crippen molar-refractivity contribution in [1.29, 1.82) is 0 Å². The average molecular weight is 437 g/mol. The normalized spacial score (nSPS) is 11.1. The Bertz CT molecular complexity index is 1140. The van der Waals surface area contributed by atoms with Crippen molar-refractivity contribution in [2.75, 3.05) is 18.5 Å². The van der Waals surface area contributed by atoms with Crippen LogP contribution in [0.2, 0.25) is 0 Å². The van der Waals surface area contributed by atoms with E-state index in [9.17, 15) is 27.6 Å². The van der Waals surface area contributed by atoms with Crippen LogP contribution in [0.25, 0.3) is 11.0 Å². The first-order chi connectivity index (χ1) is 14.7. The minimum Gasteiger partial charge on any atom is -0.482 e. The van der Waals surface area contributed by atoms with Crippen molar-refractivity contribution in [3.8, 4) is 11.5 Å². The lowest BCUT2D eigenvalue weighted by atomic mass is 10.2. The summed E-state index contributed by atoms with van der Waals surface area (Å²) in [5.74, 6) is -1.73. The number of anilines is 1. The third-order valence-corrected chi connectivity index (χ3v) is 3.69. The van der Waals surface area contributed by atoms with Gasteiger partial charge < -0.3 is 23.9 Å². The maximum atomic E-state index is 12.1. The number of alkyl halides is 3. The molecule has 3 rings (SSSR count). The first kappa shape index (κ1) is 21.7. The highest BCUT2D eigenvalue weighted by Crippen LogP contribution is 2.24. The molecule has 31 heavy (non-hydrogen) atoms. The van der Waals surface area contributed by atoms with Crippen molar-refractivity contribution in [2.45, 2.75) is 6.36 Å². The van der Waals surface area contributed by atoms with Gasteiger partial charge in [-0.3, -0.25) is 4.79 Å². The van der Waals surface area contributed by atoms with Gasteiger partial charge in [0.25, 0.3) is 5.91 Å². The topological polar surface area (TPSA) is 104 Å². The molecule has 0 bridgehead atoms. The molecule has 0 aliphatic heterocycles. The van der Waals surface area contributed by atoms with Gasteiger partial charge in [0, 0.05) is 23.2 Å². The van der Waals surface area contributed by atoms with Gasteiger partial charge in [-0.1, -0.05) is 0 Å². The molecule has 8 nitrogen and oxygen atoms in total. The molecule has 0 saturated heterocycles. The molecule has 3 aromatic rings. The molecule has 1 heterocycles. The van der Waals surface area contributed by atoms with E-state index in [1.54, 1.807) is 18.2 Å². The van der Waals surface area contributed by atoms with Crippen LogP contribution in [-0.4, -0.2) is 31.5 Å². The zero-order valence-electron chi connectivity index (χ0n) is 15.6. The smallest absolute Gasteiger partial charge is 0.482 e. The van der Waals surface area contributed by atoms with Crippen LogP contribution in [0.5, 0.6) is 11.5 Å². The summed E-state index contributed by atoms with van der Waals surface area (Å²) in [4.78, 5) is 34.8. The average Bonchev–Trinajstić information content (AvgIpc) is 2.70. The molecule has 0 radical (unpaired) electrons. The number of hydrogen-bond acceptors (Lipinski definition) is 7. The van der Waals surface area contributed by atoms with Crippen molar-refractivity contribution in [1.82, 2.24) is 0 Å². The molecule has 0 aliphatic rings. The highest BCUT2D eigenvalue weighted by molar-refractivity contribution is 5.92. The van der Waals surface area contributed by atoms with E-state index in [4.69, 9.17) is 13.9 Å². The van der Waals surface area contributed by atoms with Crippen LogP contribution in [-0.2, 0) is 14.3 Å². The van der Waals surface area contributed by atoms with Crippen LogP contribution in [0, 0.1) is 0 Å². The number of ether oxygens (including phenoxy) is 3. The number of rotatable bonds is 7. The van der Waals surface area contributed by atoms with Gasteiger partial charge in [-0.2, -0.15) is 0 Å². The second kappa shape index (κ2) is 9.20. The summed E-state index contributed by atoms with van der Waals surface area (Å²) in [5.41, 5.74) is -0.0635. The number of amides is 1. The largest absolute Gasteiger partial charge is 0.573 e. The van der Waals surface area contributed by atoms with E-state index in [2.05, 4.69) is 10.1 Å². The quantitative estimate of drug-likeness (QED) is 0.447. The van der Waals surface area contributed by atoms with Gasteiger partial charge >= 0.3 is 18.0 Å². The number of carbonyl (C=O) groups is 2. The first-order valence-electron chi connectivity index (χ1n) is 8.66. The van der Waals surface area contributed by atoms with E-state index >= 15 is 0 Å². The molecular formula is C20H14F3NO7. The molecule has 1 amide bonds. The standard InChI is InChI=1S/C20H14F3NO7/c21-20(22,23)31-14-6-3-13(4-7-14)24-17(25)10-29-19(27)11-28-15-5-1-12-2-8-18(26)30-16(12)9-15/h1-9H,10-11H2,(H,24,25). The third-order valence-electron chi connectivity index (χ3n) is 3.69. The fraction of sp³-hybridized carbons (Fsp3) is 0.150. The Hall–Kier alpha value is -4.02. The zero-order valence-corrected chi connectivity index (χ0v) is 15.6. The molecule has 0 atom stereocenters. The van der Waals surface area contributed by atoms with Gasteiger partial charge in [-0.25, -0.2) is 9.59 Å². The lowest BCUT2D eigenvalue weighted by molar-refractivity contribution is -0.274. The summed E-state index contributed by atoms with van der Waals surface area (Å²) in [7, 11) is 0. The van der Waals surface area contributed by atoms with E-state index in [1.807, 2.05) is 0 Å². The number of halogens is 3. The highest BCUT2D eigenvalue weighted by atomic mass is 19.4. The second-order valence-corrected chi connectivity index (χ2v) is 6.02. The number of esters is 1. The fourth-order valence-corrected chi connectivity index (χ4v) is 2.40. The first-order valence-corrected chi connectivity index (χ1v) is 8.66. The monoisotopic (exact) mass is 437 g/mol. The second-order valence-electron chi connectivity index (χ2n) is 6.02. The Kier molecular flexibility index (Phi) is 6.43. The van der Waals surface area contributed by atoms with Gasteiger partial charge in [-0.15, -0.1) is 13.2 Å². The van der Waals surface area contributed by atoms with Crippen LogP contribution >= 0.6 is 0 Å². The van der Waals surface area contributed by atoms with Crippen LogP contribution < -0.4 is 20.4 Å². The van der Waals surface area contributed by atoms with E-state index < -0.39 is 42.8 Å². The third kappa shape index (κ3) is 6.77. The Morgan fingerprint density at radius 3 is 2.32 bits per heavy atom. The van der Waals surface area contributed by atoms with Gasteiger partial charge in [0.1, 0.15) is 17.1 Å². The molecule has 0 fully saturated rings. The van der Waals surface area contributed by atoms with E-state index in [0.717, 1.165) is 12.1 Å². The summed E-state index contributed by atoms with van der Waals surface area (Å²) in [5, 5.41) is 3.02. The predicted octanol–water partition coefficient (Wildman–Crippen LogP) is 3.25. The Morgan fingerprint density at radius 1 is 0.935 bits per heavy atom. The van der Waals surface area contributed by atoms with E-state index in [-0.39, 0.29) is 17.0 Å². The predicted molar refractivity (Wildman–Crippen MR) is 101 cm³/mol. The van der Waals surface area contributed by atoms with Gasteiger partial charge in [0.15, 0.2) is 13.2 Å². The Balaban J connectivity index is 1.44. The van der Waals surface area contributed by atoms with Crippen LogP contribution in [0.15, 0.2) is 63.8 Å². The molecule has 162 valence electrons. The molecular weight excluding hydrogens is 423 g/mol. The minimum atomic E-state index is -4.82. The highest BCUT2D eigenvalue weighted by Gasteiger charge is 2.30. The lowest BCUT2D eigenvalue weighted by Gasteiger charge is -2.10. The summed E-state index contributed by atoms with van der Waals surface area (Å²) in [6.07, 6.45) is -4.82. The number of nitrogens with one attached hydrogen (secondary N) is 1. The maximum Gasteiger partial charge on any atom is 0.573 e. The van der Waals surface area contributed by atoms with Crippen molar-refractivity contribution >= 4 is 28.5 Å². The van der Waals surface area contributed by atoms with Crippen LogP contribution in [0.3, 0.4) is 0 Å². The van der Waals surface area contributed by atoms with Crippen molar-refractivity contribution in [3.63, 3.8) is 0 Å². The van der Waals surface area contributed by atoms with E-state index in [1.165, 1.54) is 24.3 Å². The minimum absolute atomic E-state index is 0.185. The molecule has 0 spiro atoms.